The maximum atomic E-state index is 10.0. The SMILES string of the molecule is Cc1ccccc1OCc1cn(C)c2cccc(O)c12. The van der Waals surface area contributed by atoms with Gasteiger partial charge in [-0.2, -0.15) is 0 Å². The number of aromatic hydroxyl groups is 1. The molecule has 20 heavy (non-hydrogen) atoms. The number of ether oxygens (including phenoxy) is 1. The number of fused-ring (bicyclic) bond motifs is 1. The summed E-state index contributed by atoms with van der Waals surface area (Å²) in [6, 6.07) is 13.5. The number of hydrogen-bond donors (Lipinski definition) is 1. The van der Waals surface area contributed by atoms with Crippen LogP contribution >= 0.6 is 0 Å². The van der Waals surface area contributed by atoms with Gasteiger partial charge in [-0.3, -0.25) is 0 Å². The Morgan fingerprint density at radius 1 is 1.10 bits per heavy atom. The minimum Gasteiger partial charge on any atom is -0.507 e. The number of hydrogen-bond acceptors (Lipinski definition) is 2. The van der Waals surface area contributed by atoms with Gasteiger partial charge in [0.1, 0.15) is 18.1 Å². The van der Waals surface area contributed by atoms with Crippen LogP contribution in [0.5, 0.6) is 11.5 Å². The fraction of sp³-hybridized carbons (Fsp3) is 0.176. The molecule has 0 aliphatic rings. The molecule has 3 nitrogen and oxygen atoms in total. The number of phenolic OH excluding ortho intramolecular Hbond substituents is 1. The van der Waals surface area contributed by atoms with Crippen molar-refractivity contribution in [3.63, 3.8) is 0 Å². The molecule has 1 N–H and O–H groups in total. The van der Waals surface area contributed by atoms with Crippen LogP contribution in [-0.2, 0) is 13.7 Å². The highest BCUT2D eigenvalue weighted by atomic mass is 16.5. The van der Waals surface area contributed by atoms with Crippen molar-refractivity contribution in [1.82, 2.24) is 4.57 Å². The van der Waals surface area contributed by atoms with Crippen molar-refractivity contribution in [2.24, 2.45) is 7.05 Å². The van der Waals surface area contributed by atoms with E-state index in [0.717, 1.165) is 27.8 Å². The zero-order valence-corrected chi connectivity index (χ0v) is 11.6. The van der Waals surface area contributed by atoms with Crippen LogP contribution in [0.15, 0.2) is 48.7 Å². The molecule has 2 aromatic carbocycles. The highest BCUT2D eigenvalue weighted by Crippen LogP contribution is 2.30. The molecule has 0 atom stereocenters. The van der Waals surface area contributed by atoms with E-state index in [4.69, 9.17) is 4.74 Å². The summed E-state index contributed by atoms with van der Waals surface area (Å²) >= 11 is 0. The fourth-order valence-corrected chi connectivity index (χ4v) is 2.50. The monoisotopic (exact) mass is 267 g/mol. The van der Waals surface area contributed by atoms with Crippen LogP contribution in [-0.4, -0.2) is 9.67 Å². The topological polar surface area (TPSA) is 34.4 Å². The summed E-state index contributed by atoms with van der Waals surface area (Å²) in [5.74, 6) is 1.17. The zero-order chi connectivity index (χ0) is 14.1. The third-order valence-electron chi connectivity index (χ3n) is 3.55. The third-order valence-corrected chi connectivity index (χ3v) is 3.55. The molecule has 0 radical (unpaired) electrons. The van der Waals surface area contributed by atoms with Crippen LogP contribution in [0.25, 0.3) is 10.9 Å². The average molecular weight is 267 g/mol. The molecule has 0 amide bonds. The fourth-order valence-electron chi connectivity index (χ4n) is 2.50. The van der Waals surface area contributed by atoms with Crippen molar-refractivity contribution in [1.29, 1.82) is 0 Å². The molecule has 0 unspecified atom stereocenters. The molecule has 1 heterocycles. The van der Waals surface area contributed by atoms with Crippen molar-refractivity contribution >= 4 is 10.9 Å². The van der Waals surface area contributed by atoms with Crippen molar-refractivity contribution in [2.75, 3.05) is 0 Å². The molecule has 102 valence electrons. The van der Waals surface area contributed by atoms with E-state index in [9.17, 15) is 5.11 Å². The predicted molar refractivity (Wildman–Crippen MR) is 80.1 cm³/mol. The van der Waals surface area contributed by atoms with Gasteiger partial charge in [-0.05, 0) is 30.7 Å². The molecule has 0 spiro atoms. The minimum absolute atomic E-state index is 0.298. The molecule has 0 saturated heterocycles. The summed E-state index contributed by atoms with van der Waals surface area (Å²) in [5.41, 5.74) is 3.11. The van der Waals surface area contributed by atoms with Crippen LogP contribution < -0.4 is 4.74 Å². The van der Waals surface area contributed by atoms with Gasteiger partial charge in [0.2, 0.25) is 0 Å². The first-order valence-corrected chi connectivity index (χ1v) is 6.61. The second kappa shape index (κ2) is 4.93. The van der Waals surface area contributed by atoms with Crippen molar-refractivity contribution in [3.8, 4) is 11.5 Å². The Morgan fingerprint density at radius 2 is 1.90 bits per heavy atom. The first-order valence-electron chi connectivity index (χ1n) is 6.61. The van der Waals surface area contributed by atoms with Crippen molar-refractivity contribution in [2.45, 2.75) is 13.5 Å². The number of rotatable bonds is 3. The lowest BCUT2D eigenvalue weighted by atomic mass is 10.1. The minimum atomic E-state index is 0.298. The van der Waals surface area contributed by atoms with Crippen LogP contribution in [0.3, 0.4) is 0 Å². The van der Waals surface area contributed by atoms with Crippen LogP contribution in [0.1, 0.15) is 11.1 Å². The molecule has 3 aromatic rings. The van der Waals surface area contributed by atoms with E-state index in [-0.39, 0.29) is 0 Å². The molecular formula is C17H17NO2. The molecule has 0 aliphatic heterocycles. The number of para-hydroxylation sites is 1. The Labute approximate surface area is 118 Å². The summed E-state index contributed by atoms with van der Waals surface area (Å²) in [7, 11) is 1.97. The van der Waals surface area contributed by atoms with Gasteiger partial charge in [-0.1, -0.05) is 24.3 Å². The van der Waals surface area contributed by atoms with Crippen molar-refractivity contribution in [3.05, 3.63) is 59.8 Å². The second-order valence-corrected chi connectivity index (χ2v) is 4.99. The summed E-state index contributed by atoms with van der Waals surface area (Å²) in [6.07, 6.45) is 2.00. The van der Waals surface area contributed by atoms with E-state index in [0.29, 0.717) is 12.4 Å². The second-order valence-electron chi connectivity index (χ2n) is 4.99. The Bertz CT molecular complexity index is 759. The van der Waals surface area contributed by atoms with Gasteiger partial charge in [0, 0.05) is 24.2 Å². The maximum absolute atomic E-state index is 10.0. The summed E-state index contributed by atoms with van der Waals surface area (Å²) in [4.78, 5) is 0. The lowest BCUT2D eigenvalue weighted by Gasteiger charge is -2.08. The van der Waals surface area contributed by atoms with Gasteiger partial charge in [-0.25, -0.2) is 0 Å². The highest BCUT2D eigenvalue weighted by Gasteiger charge is 2.11. The molecule has 0 bridgehead atoms. The molecule has 3 rings (SSSR count). The maximum Gasteiger partial charge on any atom is 0.125 e. The van der Waals surface area contributed by atoms with E-state index < -0.39 is 0 Å². The molecule has 0 aliphatic carbocycles. The smallest absolute Gasteiger partial charge is 0.125 e. The molecule has 3 heteroatoms. The van der Waals surface area contributed by atoms with Gasteiger partial charge < -0.3 is 14.4 Å². The highest BCUT2D eigenvalue weighted by molar-refractivity contribution is 5.89. The number of benzene rings is 2. The van der Waals surface area contributed by atoms with E-state index in [1.54, 1.807) is 6.07 Å². The van der Waals surface area contributed by atoms with Crippen molar-refractivity contribution < 1.29 is 9.84 Å². The van der Waals surface area contributed by atoms with Crippen LogP contribution in [0.4, 0.5) is 0 Å². The standard InChI is InChI=1S/C17H17NO2/c1-12-6-3-4-9-16(12)20-11-13-10-18(2)14-7-5-8-15(19)17(13)14/h3-10,19H,11H2,1-2H3. The molecular weight excluding hydrogens is 250 g/mol. The summed E-state index contributed by atoms with van der Waals surface area (Å²) in [5, 5.41) is 10.9. The Balaban J connectivity index is 1.94. The van der Waals surface area contributed by atoms with E-state index in [1.807, 2.05) is 61.1 Å². The van der Waals surface area contributed by atoms with Gasteiger partial charge in [0.05, 0.1) is 5.52 Å². The largest absolute Gasteiger partial charge is 0.507 e. The summed E-state index contributed by atoms with van der Waals surface area (Å²) < 4.78 is 7.88. The lowest BCUT2D eigenvalue weighted by molar-refractivity contribution is 0.305. The third kappa shape index (κ3) is 2.11. The quantitative estimate of drug-likeness (QED) is 0.783. The number of aromatic nitrogens is 1. The Hall–Kier alpha value is -2.42. The van der Waals surface area contributed by atoms with Gasteiger partial charge >= 0.3 is 0 Å². The molecule has 1 aromatic heterocycles. The normalized spacial score (nSPS) is 10.9. The number of nitrogens with zero attached hydrogens (tertiary/aromatic N) is 1. The van der Waals surface area contributed by atoms with Crippen LogP contribution in [0.2, 0.25) is 0 Å². The Kier molecular flexibility index (Phi) is 3.11. The van der Waals surface area contributed by atoms with Gasteiger partial charge in [0.25, 0.3) is 0 Å². The lowest BCUT2D eigenvalue weighted by Crippen LogP contribution is -1.96. The first-order chi connectivity index (χ1) is 9.66. The van der Waals surface area contributed by atoms with Gasteiger partial charge in [-0.15, -0.1) is 0 Å². The number of phenols is 1. The Morgan fingerprint density at radius 3 is 2.70 bits per heavy atom. The van der Waals surface area contributed by atoms with Crippen LogP contribution in [0, 0.1) is 6.92 Å². The molecule has 0 fully saturated rings. The first kappa shape index (κ1) is 12.6. The van der Waals surface area contributed by atoms with E-state index in [2.05, 4.69) is 0 Å². The summed E-state index contributed by atoms with van der Waals surface area (Å²) in [6.45, 7) is 2.47. The zero-order valence-electron chi connectivity index (χ0n) is 11.6. The molecule has 0 saturated carbocycles. The average Bonchev–Trinajstić information content (AvgIpc) is 2.76. The van der Waals surface area contributed by atoms with E-state index >= 15 is 0 Å². The number of aryl methyl sites for hydroxylation is 2. The van der Waals surface area contributed by atoms with Gasteiger partial charge in [0.15, 0.2) is 0 Å². The predicted octanol–water partition coefficient (Wildman–Crippen LogP) is 3.77. The van der Waals surface area contributed by atoms with E-state index in [1.165, 1.54) is 0 Å².